The molecule has 2 saturated heterocycles. The number of rotatable bonds is 10. The highest BCUT2D eigenvalue weighted by atomic mass is 127. The molecule has 0 spiro atoms. The quantitative estimate of drug-likeness (QED) is 0.211. The van der Waals surface area contributed by atoms with Crippen LogP contribution in [-0.2, 0) is 16.0 Å². The first-order valence-corrected chi connectivity index (χ1v) is 11.2. The molecule has 7 heteroatoms. The summed E-state index contributed by atoms with van der Waals surface area (Å²) in [7, 11) is 0. The van der Waals surface area contributed by atoms with Gasteiger partial charge in [-0.25, -0.2) is 0 Å². The Hall–Kier alpha value is -0.900. The molecular formula is C23H39IN4O2. The van der Waals surface area contributed by atoms with Gasteiger partial charge < -0.3 is 20.1 Å². The third kappa shape index (κ3) is 8.69. The molecule has 30 heavy (non-hydrogen) atoms. The Morgan fingerprint density at radius 1 is 1.27 bits per heavy atom. The van der Waals surface area contributed by atoms with Crippen LogP contribution in [0.4, 0.5) is 0 Å². The summed E-state index contributed by atoms with van der Waals surface area (Å²) < 4.78 is 11.2. The van der Waals surface area contributed by atoms with E-state index in [1.807, 2.05) is 0 Å². The van der Waals surface area contributed by atoms with Gasteiger partial charge in [-0.3, -0.25) is 9.89 Å². The third-order valence-electron chi connectivity index (χ3n) is 5.73. The lowest BCUT2D eigenvalue weighted by Crippen LogP contribution is -2.38. The highest BCUT2D eigenvalue weighted by molar-refractivity contribution is 14.0. The van der Waals surface area contributed by atoms with Crippen molar-refractivity contribution in [1.82, 2.24) is 15.5 Å². The van der Waals surface area contributed by atoms with Crippen molar-refractivity contribution in [1.29, 1.82) is 0 Å². The van der Waals surface area contributed by atoms with Gasteiger partial charge in [0, 0.05) is 52.0 Å². The number of nitrogens with zero attached hydrogens (tertiary/aromatic N) is 2. The minimum Gasteiger partial charge on any atom is -0.379 e. The topological polar surface area (TPSA) is 58.1 Å². The van der Waals surface area contributed by atoms with Crippen molar-refractivity contribution in [2.75, 3.05) is 46.0 Å². The molecule has 0 aliphatic carbocycles. The zero-order valence-corrected chi connectivity index (χ0v) is 20.8. The van der Waals surface area contributed by atoms with Crippen molar-refractivity contribution in [3.8, 4) is 0 Å². The van der Waals surface area contributed by atoms with Gasteiger partial charge in [0.2, 0.25) is 0 Å². The van der Waals surface area contributed by atoms with E-state index in [1.54, 1.807) is 0 Å². The van der Waals surface area contributed by atoms with Crippen molar-refractivity contribution >= 4 is 29.9 Å². The van der Waals surface area contributed by atoms with Crippen molar-refractivity contribution in [3.63, 3.8) is 0 Å². The van der Waals surface area contributed by atoms with Crippen molar-refractivity contribution in [2.24, 2.45) is 10.9 Å². The first-order chi connectivity index (χ1) is 14.2. The van der Waals surface area contributed by atoms with E-state index >= 15 is 0 Å². The van der Waals surface area contributed by atoms with Crippen LogP contribution in [0.15, 0.2) is 35.3 Å². The first-order valence-electron chi connectivity index (χ1n) is 11.2. The predicted molar refractivity (Wildman–Crippen MR) is 134 cm³/mol. The molecule has 1 aromatic carbocycles. The lowest BCUT2D eigenvalue weighted by molar-refractivity contribution is 0.0420. The predicted octanol–water partition coefficient (Wildman–Crippen LogP) is 3.27. The Labute approximate surface area is 199 Å². The van der Waals surface area contributed by atoms with E-state index < -0.39 is 0 Å². The maximum Gasteiger partial charge on any atom is 0.191 e. The second-order valence-electron chi connectivity index (χ2n) is 8.22. The van der Waals surface area contributed by atoms with E-state index in [4.69, 9.17) is 14.5 Å². The average Bonchev–Trinajstić information content (AvgIpc) is 3.36. The summed E-state index contributed by atoms with van der Waals surface area (Å²) >= 11 is 0. The number of likely N-dealkylation sites (tertiary alicyclic amines) is 1. The monoisotopic (exact) mass is 530 g/mol. The van der Waals surface area contributed by atoms with Crippen molar-refractivity contribution < 1.29 is 9.47 Å². The number of guanidine groups is 1. The molecule has 3 atom stereocenters. The van der Waals surface area contributed by atoms with Gasteiger partial charge in [-0.05, 0) is 44.6 Å². The number of hydrogen-bond donors (Lipinski definition) is 2. The number of halogens is 1. The molecule has 2 heterocycles. The van der Waals surface area contributed by atoms with E-state index in [1.165, 1.54) is 12.0 Å². The number of hydrogen-bond acceptors (Lipinski definition) is 4. The van der Waals surface area contributed by atoms with E-state index in [0.717, 1.165) is 71.3 Å². The van der Waals surface area contributed by atoms with Gasteiger partial charge in [0.1, 0.15) is 0 Å². The second-order valence-corrected chi connectivity index (χ2v) is 8.22. The molecule has 1 aromatic rings. The third-order valence-corrected chi connectivity index (χ3v) is 5.73. The van der Waals surface area contributed by atoms with Crippen LogP contribution in [0.1, 0.15) is 38.7 Å². The summed E-state index contributed by atoms with van der Waals surface area (Å²) in [6.07, 6.45) is 3.51. The number of aliphatic imine (C=N–C) groups is 1. The van der Waals surface area contributed by atoms with E-state index in [0.29, 0.717) is 18.1 Å². The standard InChI is InChI=1S/C23H38N4O2.HI/c1-3-24-23(25-11-7-12-29-22-10-13-28-18-22)26-15-21-14-19(2)27(17-21)16-20-8-5-4-6-9-20;/h4-6,8-9,19,21-22H,3,7,10-18H2,1-2H3,(H2,24,25,26);1H. The molecule has 2 aliphatic heterocycles. The summed E-state index contributed by atoms with van der Waals surface area (Å²) in [6, 6.07) is 11.4. The Kier molecular flexibility index (Phi) is 12.0. The molecule has 2 N–H and O–H groups in total. The summed E-state index contributed by atoms with van der Waals surface area (Å²) in [5.74, 6) is 1.54. The molecule has 2 aliphatic rings. The lowest BCUT2D eigenvalue weighted by atomic mass is 10.1. The van der Waals surface area contributed by atoms with Gasteiger partial charge in [0.05, 0.1) is 12.7 Å². The second kappa shape index (κ2) is 14.2. The van der Waals surface area contributed by atoms with Crippen LogP contribution in [0.3, 0.4) is 0 Å². The lowest BCUT2D eigenvalue weighted by Gasteiger charge is -2.20. The Morgan fingerprint density at radius 3 is 2.83 bits per heavy atom. The summed E-state index contributed by atoms with van der Waals surface area (Å²) in [5.41, 5.74) is 1.39. The Balaban J connectivity index is 0.00000320. The largest absolute Gasteiger partial charge is 0.379 e. The first kappa shape index (κ1) is 25.4. The van der Waals surface area contributed by atoms with Gasteiger partial charge in [0.15, 0.2) is 5.96 Å². The molecule has 3 unspecified atom stereocenters. The van der Waals surface area contributed by atoms with Crippen LogP contribution in [0, 0.1) is 5.92 Å². The van der Waals surface area contributed by atoms with Crippen LogP contribution < -0.4 is 10.6 Å². The summed E-state index contributed by atoms with van der Waals surface area (Å²) in [6.45, 7) is 11.6. The Bertz CT molecular complexity index is 610. The van der Waals surface area contributed by atoms with Gasteiger partial charge >= 0.3 is 0 Å². The van der Waals surface area contributed by atoms with Crippen LogP contribution in [0.25, 0.3) is 0 Å². The highest BCUT2D eigenvalue weighted by Gasteiger charge is 2.28. The number of benzene rings is 1. The van der Waals surface area contributed by atoms with Gasteiger partial charge in [0.25, 0.3) is 0 Å². The SMILES string of the molecule is CCNC(=NCC1CC(C)N(Cc2ccccc2)C1)NCCCOC1CCOC1.I. The van der Waals surface area contributed by atoms with Crippen LogP contribution in [-0.4, -0.2) is 69.0 Å². The molecule has 0 amide bonds. The molecule has 170 valence electrons. The minimum atomic E-state index is 0. The number of nitrogens with one attached hydrogen (secondary N) is 2. The van der Waals surface area contributed by atoms with Crippen molar-refractivity contribution in [3.05, 3.63) is 35.9 Å². The average molecular weight is 530 g/mol. The van der Waals surface area contributed by atoms with Gasteiger partial charge in [-0.1, -0.05) is 30.3 Å². The molecule has 0 saturated carbocycles. The Morgan fingerprint density at radius 2 is 2.10 bits per heavy atom. The molecule has 6 nitrogen and oxygen atoms in total. The van der Waals surface area contributed by atoms with E-state index in [9.17, 15) is 0 Å². The van der Waals surface area contributed by atoms with E-state index in [-0.39, 0.29) is 24.0 Å². The number of ether oxygens (including phenoxy) is 2. The summed E-state index contributed by atoms with van der Waals surface area (Å²) in [4.78, 5) is 7.44. The molecule has 0 aromatic heterocycles. The van der Waals surface area contributed by atoms with Crippen molar-refractivity contribution in [2.45, 2.75) is 51.8 Å². The zero-order chi connectivity index (χ0) is 20.3. The fourth-order valence-corrected chi connectivity index (χ4v) is 4.12. The molecule has 0 radical (unpaired) electrons. The van der Waals surface area contributed by atoms with Crippen LogP contribution >= 0.6 is 24.0 Å². The maximum absolute atomic E-state index is 5.83. The highest BCUT2D eigenvalue weighted by Crippen LogP contribution is 2.25. The summed E-state index contributed by atoms with van der Waals surface area (Å²) in [5, 5.41) is 6.81. The fourth-order valence-electron chi connectivity index (χ4n) is 4.12. The van der Waals surface area contributed by atoms with Crippen LogP contribution in [0.5, 0.6) is 0 Å². The van der Waals surface area contributed by atoms with E-state index in [2.05, 4.69) is 59.7 Å². The maximum atomic E-state index is 5.83. The smallest absolute Gasteiger partial charge is 0.191 e. The van der Waals surface area contributed by atoms with Crippen LogP contribution in [0.2, 0.25) is 0 Å². The van der Waals surface area contributed by atoms with Gasteiger partial charge in [-0.15, -0.1) is 24.0 Å². The normalized spacial score (nSPS) is 24.6. The molecule has 0 bridgehead atoms. The minimum absolute atomic E-state index is 0. The molecular weight excluding hydrogens is 491 g/mol. The zero-order valence-electron chi connectivity index (χ0n) is 18.5. The molecule has 2 fully saturated rings. The fraction of sp³-hybridized carbons (Fsp3) is 0.696. The molecule has 3 rings (SSSR count). The van der Waals surface area contributed by atoms with Gasteiger partial charge in [-0.2, -0.15) is 0 Å².